The average molecular weight is 398 g/mol. The van der Waals surface area contributed by atoms with E-state index in [1.807, 2.05) is 4.90 Å². The van der Waals surface area contributed by atoms with Crippen molar-refractivity contribution >= 4 is 17.3 Å². The van der Waals surface area contributed by atoms with Crippen molar-refractivity contribution in [1.29, 1.82) is 0 Å². The number of benzene rings is 1. The van der Waals surface area contributed by atoms with Gasteiger partial charge in [-0.2, -0.15) is 0 Å². The maximum absolute atomic E-state index is 13.3. The van der Waals surface area contributed by atoms with Crippen LogP contribution in [0.25, 0.3) is 0 Å². The van der Waals surface area contributed by atoms with E-state index in [0.29, 0.717) is 11.9 Å². The summed E-state index contributed by atoms with van der Waals surface area (Å²) in [5, 5.41) is 0. The van der Waals surface area contributed by atoms with Gasteiger partial charge in [-0.15, -0.1) is 0 Å². The highest BCUT2D eigenvalue weighted by atomic mass is 16.5. The lowest BCUT2D eigenvalue weighted by molar-refractivity contribution is -0.136. The van der Waals surface area contributed by atoms with E-state index in [2.05, 4.69) is 41.0 Å². The van der Waals surface area contributed by atoms with Crippen molar-refractivity contribution in [3.05, 3.63) is 24.3 Å². The first-order valence-electron chi connectivity index (χ1n) is 11.7. The number of carbonyl (C=O) groups excluding carboxylic acids is 1. The van der Waals surface area contributed by atoms with Gasteiger partial charge in [-0.3, -0.25) is 9.69 Å². The van der Waals surface area contributed by atoms with Crippen molar-refractivity contribution in [3.63, 3.8) is 0 Å². The third-order valence-corrected chi connectivity index (χ3v) is 7.95. The predicted octanol–water partition coefficient (Wildman–Crippen LogP) is 3.67. The fourth-order valence-corrected chi connectivity index (χ4v) is 6.13. The number of hydrogen-bond donors (Lipinski definition) is 0. The van der Waals surface area contributed by atoms with Gasteiger partial charge >= 0.3 is 0 Å². The molecule has 0 bridgehead atoms. The highest BCUT2D eigenvalue weighted by Gasteiger charge is 2.45. The van der Waals surface area contributed by atoms with Crippen LogP contribution in [0.5, 0.6) is 0 Å². The minimum atomic E-state index is -0.177. The van der Waals surface area contributed by atoms with E-state index >= 15 is 0 Å². The molecular formula is C24H35N3O2. The zero-order chi connectivity index (χ0) is 19.8. The summed E-state index contributed by atoms with van der Waals surface area (Å²) in [5.74, 6) is 0.323. The maximum Gasteiger partial charge on any atom is 0.233 e. The van der Waals surface area contributed by atoms with Gasteiger partial charge in [0.05, 0.1) is 5.41 Å². The van der Waals surface area contributed by atoms with Crippen LogP contribution in [0.4, 0.5) is 11.4 Å². The van der Waals surface area contributed by atoms with Gasteiger partial charge in [-0.05, 0) is 82.7 Å². The molecule has 4 aliphatic heterocycles. The Hall–Kier alpha value is -1.59. The maximum atomic E-state index is 13.3. The second-order valence-corrected chi connectivity index (χ2v) is 9.59. The summed E-state index contributed by atoms with van der Waals surface area (Å²) in [6.07, 6.45) is 7.84. The van der Waals surface area contributed by atoms with E-state index in [-0.39, 0.29) is 5.41 Å². The molecule has 5 heteroatoms. The Morgan fingerprint density at radius 1 is 0.931 bits per heavy atom. The number of anilines is 2. The molecule has 0 N–H and O–H groups in total. The summed E-state index contributed by atoms with van der Waals surface area (Å²) in [5.41, 5.74) is 2.19. The lowest BCUT2D eigenvalue weighted by atomic mass is 9.73. The third kappa shape index (κ3) is 3.57. The molecule has 1 amide bonds. The molecule has 5 nitrogen and oxygen atoms in total. The van der Waals surface area contributed by atoms with E-state index in [1.54, 1.807) is 0 Å². The fraction of sp³-hybridized carbons (Fsp3) is 0.708. The molecule has 4 saturated heterocycles. The molecule has 1 spiro atoms. The SMILES string of the molecule is C[C@@H]1CCCN1[C@@H]1CCN(c2ccc(N3CCCC4(CCOCC4)C3=O)cc2)C1. The molecule has 0 aliphatic carbocycles. The number of amides is 1. The summed E-state index contributed by atoms with van der Waals surface area (Å²) >= 11 is 0. The molecular weight excluding hydrogens is 362 g/mol. The molecule has 4 aliphatic rings. The van der Waals surface area contributed by atoms with Crippen LogP contribution in [0.2, 0.25) is 0 Å². The van der Waals surface area contributed by atoms with Crippen molar-refractivity contribution in [3.8, 4) is 0 Å². The van der Waals surface area contributed by atoms with Gasteiger partial charge < -0.3 is 14.5 Å². The first-order chi connectivity index (χ1) is 14.2. The molecule has 158 valence electrons. The Bertz CT molecular complexity index is 723. The Morgan fingerprint density at radius 2 is 1.69 bits per heavy atom. The summed E-state index contributed by atoms with van der Waals surface area (Å²) in [7, 11) is 0. The summed E-state index contributed by atoms with van der Waals surface area (Å²) in [4.78, 5) is 20.6. The molecule has 4 heterocycles. The van der Waals surface area contributed by atoms with Crippen LogP contribution >= 0.6 is 0 Å². The zero-order valence-corrected chi connectivity index (χ0v) is 17.8. The van der Waals surface area contributed by atoms with E-state index in [1.165, 1.54) is 31.5 Å². The van der Waals surface area contributed by atoms with E-state index in [4.69, 9.17) is 4.74 Å². The van der Waals surface area contributed by atoms with Crippen LogP contribution in [0.3, 0.4) is 0 Å². The van der Waals surface area contributed by atoms with Crippen molar-refractivity contribution in [2.24, 2.45) is 5.41 Å². The summed E-state index contributed by atoms with van der Waals surface area (Å²) in [6.45, 7) is 8.22. The van der Waals surface area contributed by atoms with Crippen molar-refractivity contribution in [2.45, 2.75) is 64.0 Å². The van der Waals surface area contributed by atoms with E-state index < -0.39 is 0 Å². The van der Waals surface area contributed by atoms with Gasteiger partial charge in [-0.25, -0.2) is 0 Å². The number of hydrogen-bond acceptors (Lipinski definition) is 4. The van der Waals surface area contributed by atoms with Crippen LogP contribution in [-0.2, 0) is 9.53 Å². The lowest BCUT2D eigenvalue weighted by Gasteiger charge is -2.43. The largest absolute Gasteiger partial charge is 0.381 e. The fourth-order valence-electron chi connectivity index (χ4n) is 6.13. The third-order valence-electron chi connectivity index (χ3n) is 7.95. The molecule has 2 atom stereocenters. The van der Waals surface area contributed by atoms with Crippen LogP contribution in [-0.4, -0.2) is 62.3 Å². The monoisotopic (exact) mass is 397 g/mol. The van der Waals surface area contributed by atoms with E-state index in [9.17, 15) is 4.79 Å². The topological polar surface area (TPSA) is 36.0 Å². The molecule has 0 unspecified atom stereocenters. The number of nitrogens with zero attached hydrogens (tertiary/aromatic N) is 3. The predicted molar refractivity (Wildman–Crippen MR) is 117 cm³/mol. The second kappa shape index (κ2) is 7.92. The number of ether oxygens (including phenoxy) is 1. The highest BCUT2D eigenvalue weighted by Crippen LogP contribution is 2.42. The number of rotatable bonds is 3. The van der Waals surface area contributed by atoms with Crippen LogP contribution in [0.15, 0.2) is 24.3 Å². The van der Waals surface area contributed by atoms with Crippen molar-refractivity contribution < 1.29 is 9.53 Å². The highest BCUT2D eigenvalue weighted by molar-refractivity contribution is 5.98. The first-order valence-corrected chi connectivity index (χ1v) is 11.7. The summed E-state index contributed by atoms with van der Waals surface area (Å²) in [6, 6.07) is 10.2. The number of piperidine rings is 1. The molecule has 0 saturated carbocycles. The summed E-state index contributed by atoms with van der Waals surface area (Å²) < 4.78 is 5.53. The number of carbonyl (C=O) groups is 1. The Morgan fingerprint density at radius 3 is 2.41 bits per heavy atom. The second-order valence-electron chi connectivity index (χ2n) is 9.59. The van der Waals surface area contributed by atoms with Gasteiger partial charge in [0.15, 0.2) is 0 Å². The molecule has 0 radical (unpaired) electrons. The minimum Gasteiger partial charge on any atom is -0.381 e. The first kappa shape index (κ1) is 19.4. The average Bonchev–Trinajstić information content (AvgIpc) is 3.40. The van der Waals surface area contributed by atoms with Crippen molar-refractivity contribution in [1.82, 2.24) is 4.90 Å². The normalized spacial score (nSPS) is 30.4. The van der Waals surface area contributed by atoms with Crippen LogP contribution in [0, 0.1) is 5.41 Å². The molecule has 1 aromatic carbocycles. The number of likely N-dealkylation sites (tertiary alicyclic amines) is 1. The van der Waals surface area contributed by atoms with Gasteiger partial charge in [0.25, 0.3) is 0 Å². The Labute approximate surface area is 175 Å². The molecule has 0 aromatic heterocycles. The van der Waals surface area contributed by atoms with Gasteiger partial charge in [0.2, 0.25) is 5.91 Å². The molecule has 1 aromatic rings. The Kier molecular flexibility index (Phi) is 5.29. The van der Waals surface area contributed by atoms with Gasteiger partial charge in [0.1, 0.15) is 0 Å². The van der Waals surface area contributed by atoms with Gasteiger partial charge in [0, 0.05) is 56.3 Å². The zero-order valence-electron chi connectivity index (χ0n) is 17.8. The van der Waals surface area contributed by atoms with Crippen LogP contribution < -0.4 is 9.80 Å². The van der Waals surface area contributed by atoms with E-state index in [0.717, 1.165) is 70.3 Å². The lowest BCUT2D eigenvalue weighted by Crippen LogP contribution is -2.51. The molecule has 4 fully saturated rings. The quantitative estimate of drug-likeness (QED) is 0.780. The minimum absolute atomic E-state index is 0.177. The standard InChI is InChI=1S/C24H35N3O2/c1-19-4-2-13-26(19)22-9-15-25(18-22)20-5-7-21(8-6-20)27-14-3-10-24(23(27)28)11-16-29-17-12-24/h5-8,19,22H,2-4,9-18H2,1H3/t19-,22-/m1/s1. The molecule has 5 rings (SSSR count). The van der Waals surface area contributed by atoms with Crippen LogP contribution in [0.1, 0.15) is 51.9 Å². The smallest absolute Gasteiger partial charge is 0.233 e. The molecule has 29 heavy (non-hydrogen) atoms. The van der Waals surface area contributed by atoms with Crippen molar-refractivity contribution in [2.75, 3.05) is 49.2 Å². The van der Waals surface area contributed by atoms with Gasteiger partial charge in [-0.1, -0.05) is 0 Å². The Balaban J connectivity index is 1.26.